The fourth-order valence-corrected chi connectivity index (χ4v) is 3.76. The maximum absolute atomic E-state index is 12.3. The Morgan fingerprint density at radius 2 is 1.94 bits per heavy atom. The molecule has 164 valence electrons. The fourth-order valence-electron chi connectivity index (χ4n) is 3.08. The SMILES string of the molecule is COc1ccc(CCNC(=O)CSc2ccc3nnc(-c4ccccn4)n3n2)cc1OC. The summed E-state index contributed by atoms with van der Waals surface area (Å²) in [6.07, 6.45) is 2.39. The van der Waals surface area contributed by atoms with Crippen LogP contribution in [-0.4, -0.2) is 57.2 Å². The number of rotatable bonds is 9. The first-order valence-corrected chi connectivity index (χ1v) is 10.9. The number of benzene rings is 1. The lowest BCUT2D eigenvalue weighted by atomic mass is 10.1. The van der Waals surface area contributed by atoms with Gasteiger partial charge in [-0.05, 0) is 48.4 Å². The number of thioether (sulfide) groups is 1. The molecule has 0 unspecified atom stereocenters. The lowest BCUT2D eigenvalue weighted by Crippen LogP contribution is -2.27. The van der Waals surface area contributed by atoms with E-state index in [1.807, 2.05) is 48.5 Å². The number of fused-ring (bicyclic) bond motifs is 1. The van der Waals surface area contributed by atoms with Gasteiger partial charge in [-0.2, -0.15) is 9.61 Å². The van der Waals surface area contributed by atoms with Crippen molar-refractivity contribution in [2.75, 3.05) is 26.5 Å². The van der Waals surface area contributed by atoms with Gasteiger partial charge < -0.3 is 14.8 Å². The number of aromatic nitrogens is 5. The Hall–Kier alpha value is -3.66. The minimum Gasteiger partial charge on any atom is -0.493 e. The van der Waals surface area contributed by atoms with Crippen molar-refractivity contribution in [1.82, 2.24) is 30.1 Å². The van der Waals surface area contributed by atoms with Crippen molar-refractivity contribution in [1.29, 1.82) is 0 Å². The Morgan fingerprint density at radius 3 is 2.72 bits per heavy atom. The Kier molecular flexibility index (Phi) is 6.81. The van der Waals surface area contributed by atoms with Gasteiger partial charge >= 0.3 is 0 Å². The summed E-state index contributed by atoms with van der Waals surface area (Å²) in [7, 11) is 3.20. The van der Waals surface area contributed by atoms with E-state index in [2.05, 4.69) is 25.6 Å². The van der Waals surface area contributed by atoms with Crippen LogP contribution in [0.4, 0.5) is 0 Å². The number of ether oxygens (including phenoxy) is 2. The quantitative estimate of drug-likeness (QED) is 0.388. The predicted molar refractivity (Wildman–Crippen MR) is 121 cm³/mol. The molecule has 0 saturated heterocycles. The highest BCUT2D eigenvalue weighted by Gasteiger charge is 2.12. The van der Waals surface area contributed by atoms with E-state index in [1.165, 1.54) is 11.8 Å². The molecule has 0 radical (unpaired) electrons. The van der Waals surface area contributed by atoms with Gasteiger partial charge in [-0.1, -0.05) is 23.9 Å². The van der Waals surface area contributed by atoms with Gasteiger partial charge in [0.05, 0.1) is 20.0 Å². The molecule has 4 rings (SSSR count). The molecule has 0 aliphatic carbocycles. The molecular formula is C22H22N6O3S. The first-order chi connectivity index (χ1) is 15.7. The molecule has 0 aliphatic heterocycles. The second-order valence-electron chi connectivity index (χ2n) is 6.76. The van der Waals surface area contributed by atoms with Crippen LogP contribution in [0.2, 0.25) is 0 Å². The van der Waals surface area contributed by atoms with Gasteiger partial charge in [-0.25, -0.2) is 0 Å². The standard InChI is InChI=1S/C22H22N6O3S/c1-30-17-7-6-15(13-18(17)31-2)10-12-24-20(29)14-32-21-9-8-19-25-26-22(28(19)27-21)16-5-3-4-11-23-16/h3-9,11,13H,10,12,14H2,1-2H3,(H,24,29). The average molecular weight is 451 g/mol. The maximum atomic E-state index is 12.3. The third-order valence-electron chi connectivity index (χ3n) is 4.67. The number of amides is 1. The fraction of sp³-hybridized carbons (Fsp3) is 0.227. The van der Waals surface area contributed by atoms with Crippen LogP contribution in [0.1, 0.15) is 5.56 Å². The summed E-state index contributed by atoms with van der Waals surface area (Å²) in [4.78, 5) is 16.6. The number of methoxy groups -OCH3 is 2. The smallest absolute Gasteiger partial charge is 0.230 e. The molecule has 0 atom stereocenters. The largest absolute Gasteiger partial charge is 0.493 e. The first-order valence-electron chi connectivity index (χ1n) is 9.92. The molecule has 1 aromatic carbocycles. The molecule has 32 heavy (non-hydrogen) atoms. The summed E-state index contributed by atoms with van der Waals surface area (Å²) in [5, 5.41) is 16.5. The molecule has 0 saturated carbocycles. The van der Waals surface area contributed by atoms with Crippen molar-refractivity contribution >= 4 is 23.3 Å². The Balaban J connectivity index is 1.32. The number of pyridine rings is 1. The van der Waals surface area contributed by atoms with E-state index in [0.29, 0.717) is 46.7 Å². The highest BCUT2D eigenvalue weighted by molar-refractivity contribution is 7.99. The van der Waals surface area contributed by atoms with Gasteiger partial charge in [-0.3, -0.25) is 9.78 Å². The van der Waals surface area contributed by atoms with E-state index in [-0.39, 0.29) is 11.7 Å². The van der Waals surface area contributed by atoms with Crippen LogP contribution >= 0.6 is 11.8 Å². The molecule has 3 heterocycles. The van der Waals surface area contributed by atoms with Gasteiger partial charge in [0.15, 0.2) is 17.1 Å². The third kappa shape index (κ3) is 4.97. The number of hydrogen-bond donors (Lipinski definition) is 1. The van der Waals surface area contributed by atoms with E-state index in [4.69, 9.17) is 9.47 Å². The van der Waals surface area contributed by atoms with Crippen molar-refractivity contribution in [3.8, 4) is 23.0 Å². The summed E-state index contributed by atoms with van der Waals surface area (Å²) in [5.41, 5.74) is 2.36. The molecule has 0 spiro atoms. The lowest BCUT2D eigenvalue weighted by molar-refractivity contribution is -0.118. The highest BCUT2D eigenvalue weighted by atomic mass is 32.2. The van der Waals surface area contributed by atoms with Crippen LogP contribution in [0.25, 0.3) is 17.2 Å². The molecule has 3 aromatic heterocycles. The minimum atomic E-state index is -0.0638. The molecule has 0 fully saturated rings. The lowest BCUT2D eigenvalue weighted by Gasteiger charge is -2.10. The molecule has 9 nitrogen and oxygen atoms in total. The number of carbonyl (C=O) groups excluding carboxylic acids is 1. The summed E-state index contributed by atoms with van der Waals surface area (Å²) in [5.74, 6) is 2.10. The maximum Gasteiger partial charge on any atom is 0.230 e. The van der Waals surface area contributed by atoms with Crippen molar-refractivity contribution < 1.29 is 14.3 Å². The predicted octanol–water partition coefficient (Wildman–Crippen LogP) is 2.65. The summed E-state index contributed by atoms with van der Waals surface area (Å²) in [6.45, 7) is 0.524. The van der Waals surface area contributed by atoms with E-state index in [0.717, 1.165) is 5.56 Å². The zero-order valence-corrected chi connectivity index (χ0v) is 18.5. The summed E-state index contributed by atoms with van der Waals surface area (Å²) >= 11 is 1.35. The number of nitrogens with zero attached hydrogens (tertiary/aromatic N) is 5. The van der Waals surface area contributed by atoms with Gasteiger partial charge in [0.25, 0.3) is 0 Å². The second kappa shape index (κ2) is 10.1. The monoisotopic (exact) mass is 450 g/mol. The van der Waals surface area contributed by atoms with Crippen LogP contribution in [0.5, 0.6) is 11.5 Å². The molecule has 10 heteroatoms. The second-order valence-corrected chi connectivity index (χ2v) is 7.75. The van der Waals surface area contributed by atoms with Crippen LogP contribution in [-0.2, 0) is 11.2 Å². The van der Waals surface area contributed by atoms with Crippen LogP contribution < -0.4 is 14.8 Å². The zero-order chi connectivity index (χ0) is 22.3. The van der Waals surface area contributed by atoms with E-state index < -0.39 is 0 Å². The molecule has 0 aliphatic rings. The van der Waals surface area contributed by atoms with E-state index >= 15 is 0 Å². The van der Waals surface area contributed by atoms with Crippen molar-refractivity contribution in [3.05, 3.63) is 60.3 Å². The molecule has 4 aromatic rings. The Morgan fingerprint density at radius 1 is 1.06 bits per heavy atom. The Labute approximate surface area is 189 Å². The van der Waals surface area contributed by atoms with Gasteiger partial charge in [0.2, 0.25) is 11.7 Å². The van der Waals surface area contributed by atoms with Crippen molar-refractivity contribution in [2.24, 2.45) is 0 Å². The third-order valence-corrected chi connectivity index (χ3v) is 5.59. The van der Waals surface area contributed by atoms with Gasteiger partial charge in [0.1, 0.15) is 10.7 Å². The van der Waals surface area contributed by atoms with Crippen LogP contribution in [0.15, 0.2) is 59.8 Å². The molecular weight excluding hydrogens is 428 g/mol. The van der Waals surface area contributed by atoms with Gasteiger partial charge in [-0.15, -0.1) is 10.2 Å². The zero-order valence-electron chi connectivity index (χ0n) is 17.7. The van der Waals surface area contributed by atoms with E-state index in [9.17, 15) is 4.79 Å². The summed E-state index contributed by atoms with van der Waals surface area (Å²) < 4.78 is 12.2. The van der Waals surface area contributed by atoms with Crippen molar-refractivity contribution in [3.63, 3.8) is 0 Å². The molecule has 1 amide bonds. The average Bonchev–Trinajstić information content (AvgIpc) is 3.26. The van der Waals surface area contributed by atoms with Gasteiger partial charge in [0, 0.05) is 12.7 Å². The van der Waals surface area contributed by atoms with E-state index in [1.54, 1.807) is 24.9 Å². The van der Waals surface area contributed by atoms with Crippen LogP contribution in [0.3, 0.4) is 0 Å². The minimum absolute atomic E-state index is 0.0638. The normalized spacial score (nSPS) is 10.8. The van der Waals surface area contributed by atoms with Crippen LogP contribution in [0, 0.1) is 0 Å². The topological polar surface area (TPSA) is 104 Å². The summed E-state index contributed by atoms with van der Waals surface area (Å²) in [6, 6.07) is 15.0. The molecule has 0 bridgehead atoms. The first kappa shape index (κ1) is 21.6. The molecule has 1 N–H and O–H groups in total. The Bertz CT molecular complexity index is 1220. The number of nitrogens with one attached hydrogen (secondary N) is 1. The number of carbonyl (C=O) groups is 1. The highest BCUT2D eigenvalue weighted by Crippen LogP contribution is 2.27. The number of hydrogen-bond acceptors (Lipinski definition) is 8. The van der Waals surface area contributed by atoms with Crippen molar-refractivity contribution in [2.45, 2.75) is 11.4 Å².